The number of hydrogen-bond acceptors (Lipinski definition) is 6. The third-order valence-corrected chi connectivity index (χ3v) is 5.21. The van der Waals surface area contributed by atoms with E-state index >= 15 is 0 Å². The van der Waals surface area contributed by atoms with E-state index in [-0.39, 0.29) is 5.56 Å². The normalized spacial score (nSPS) is 10.7. The molecule has 0 amide bonds. The third kappa shape index (κ3) is 3.90. The summed E-state index contributed by atoms with van der Waals surface area (Å²) < 4.78 is 1.83. The average molecular weight is 428 g/mol. The lowest BCUT2D eigenvalue weighted by Gasteiger charge is -2.18. The minimum absolute atomic E-state index is 0.0462. The molecule has 8 heteroatoms. The maximum absolute atomic E-state index is 13.2. The average Bonchev–Trinajstić information content (AvgIpc) is 3.30. The second-order valence-corrected chi connectivity index (χ2v) is 7.46. The van der Waals surface area contributed by atoms with Gasteiger partial charge in [-0.2, -0.15) is 0 Å². The maximum Gasteiger partial charge on any atom is 0.265 e. The molecule has 3 heterocycles. The van der Waals surface area contributed by atoms with Crippen LogP contribution in [-0.2, 0) is 6.42 Å². The van der Waals surface area contributed by atoms with Crippen molar-refractivity contribution in [1.82, 2.24) is 24.5 Å². The summed E-state index contributed by atoms with van der Waals surface area (Å²) in [6, 6.07) is 18.0. The highest BCUT2D eigenvalue weighted by Crippen LogP contribution is 2.24. The van der Waals surface area contributed by atoms with Gasteiger partial charge in [0, 0.05) is 31.2 Å². The second-order valence-electron chi connectivity index (χ2n) is 7.46. The number of para-hydroxylation sites is 1. The number of pyridine rings is 1. The standard InChI is InChI=1S/C19H20N2O.C5H5N5/c1-4-15-13-14-9-8-12-17(20(2)3)18(14)19(22)21(15)16-10-6-5-7-11-16;6-4-3-5(9-1-7-3)10-2-8-4/h5-13H,4H2,1-3H3;1-2H,(H3,6,7,8,9,10). The lowest BCUT2D eigenvalue weighted by molar-refractivity contribution is 0.888. The van der Waals surface area contributed by atoms with E-state index in [2.05, 4.69) is 32.9 Å². The first kappa shape index (κ1) is 21.0. The molecule has 0 saturated carbocycles. The predicted molar refractivity (Wildman–Crippen MR) is 129 cm³/mol. The zero-order chi connectivity index (χ0) is 22.7. The zero-order valence-corrected chi connectivity index (χ0v) is 18.3. The number of benzene rings is 2. The van der Waals surface area contributed by atoms with Crippen molar-refractivity contribution in [2.75, 3.05) is 24.7 Å². The van der Waals surface area contributed by atoms with Crippen LogP contribution in [0, 0.1) is 0 Å². The van der Waals surface area contributed by atoms with E-state index in [9.17, 15) is 4.79 Å². The predicted octanol–water partition coefficient (Wildman–Crippen LogP) is 3.55. The van der Waals surface area contributed by atoms with E-state index in [1.807, 2.05) is 72.1 Å². The third-order valence-electron chi connectivity index (χ3n) is 5.21. The number of nitrogens with zero attached hydrogens (tertiary/aromatic N) is 5. The van der Waals surface area contributed by atoms with Crippen LogP contribution >= 0.6 is 0 Å². The highest BCUT2D eigenvalue weighted by molar-refractivity contribution is 5.94. The van der Waals surface area contributed by atoms with Crippen molar-refractivity contribution in [3.05, 3.63) is 83.3 Å². The molecule has 0 aliphatic carbocycles. The van der Waals surface area contributed by atoms with Crippen LogP contribution in [0.5, 0.6) is 0 Å². The minimum atomic E-state index is 0.0462. The molecule has 0 radical (unpaired) electrons. The van der Waals surface area contributed by atoms with E-state index in [0.717, 1.165) is 34.3 Å². The zero-order valence-electron chi connectivity index (χ0n) is 18.3. The quantitative estimate of drug-likeness (QED) is 0.456. The van der Waals surface area contributed by atoms with Crippen LogP contribution in [0.1, 0.15) is 12.6 Å². The number of imidazole rings is 1. The number of nitrogen functional groups attached to an aromatic ring is 1. The Balaban J connectivity index is 0.000000203. The van der Waals surface area contributed by atoms with Gasteiger partial charge in [0.25, 0.3) is 5.56 Å². The van der Waals surface area contributed by atoms with Crippen molar-refractivity contribution < 1.29 is 0 Å². The number of hydrogen-bond donors (Lipinski definition) is 2. The summed E-state index contributed by atoms with van der Waals surface area (Å²) in [5.74, 6) is 0.433. The fourth-order valence-corrected chi connectivity index (χ4v) is 3.67. The molecule has 5 rings (SSSR count). The van der Waals surface area contributed by atoms with E-state index in [1.54, 1.807) is 0 Å². The number of H-pyrrole nitrogens is 1. The van der Waals surface area contributed by atoms with Crippen LogP contribution in [0.15, 0.2) is 72.0 Å². The topological polar surface area (TPSA) is 106 Å². The molecule has 0 fully saturated rings. The van der Waals surface area contributed by atoms with E-state index in [1.165, 1.54) is 12.7 Å². The molecule has 8 nitrogen and oxygen atoms in total. The fourth-order valence-electron chi connectivity index (χ4n) is 3.67. The van der Waals surface area contributed by atoms with Crippen LogP contribution in [0.2, 0.25) is 0 Å². The lowest BCUT2D eigenvalue weighted by atomic mass is 10.1. The molecular formula is C24H25N7O. The van der Waals surface area contributed by atoms with E-state index in [4.69, 9.17) is 5.73 Å². The summed E-state index contributed by atoms with van der Waals surface area (Å²) in [4.78, 5) is 29.5. The van der Waals surface area contributed by atoms with Crippen molar-refractivity contribution in [2.45, 2.75) is 13.3 Å². The van der Waals surface area contributed by atoms with Gasteiger partial charge in [-0.05, 0) is 36.1 Å². The Bertz CT molecular complexity index is 1420. The Morgan fingerprint density at radius 1 is 1.03 bits per heavy atom. The molecule has 2 aromatic carbocycles. The molecule has 0 bridgehead atoms. The number of fused-ring (bicyclic) bond motifs is 2. The van der Waals surface area contributed by atoms with E-state index in [0.29, 0.717) is 17.0 Å². The SMILES string of the molecule is CCc1cc2cccc(N(C)C)c2c(=O)n1-c1ccccc1.Nc1ncnc2nc[nH]c12. The van der Waals surface area contributed by atoms with Gasteiger partial charge in [0.15, 0.2) is 11.5 Å². The van der Waals surface area contributed by atoms with Crippen molar-refractivity contribution in [1.29, 1.82) is 0 Å². The Morgan fingerprint density at radius 3 is 2.50 bits per heavy atom. The molecular weight excluding hydrogens is 402 g/mol. The van der Waals surface area contributed by atoms with Crippen molar-refractivity contribution in [3.63, 3.8) is 0 Å². The Hall–Kier alpha value is -4.20. The van der Waals surface area contributed by atoms with Gasteiger partial charge in [0.2, 0.25) is 0 Å². The molecule has 0 aliphatic heterocycles. The van der Waals surface area contributed by atoms with Crippen LogP contribution in [-0.4, -0.2) is 38.6 Å². The van der Waals surface area contributed by atoms with Gasteiger partial charge in [-0.15, -0.1) is 0 Å². The molecule has 5 aromatic rings. The van der Waals surface area contributed by atoms with Crippen molar-refractivity contribution in [2.24, 2.45) is 0 Å². The molecule has 0 unspecified atom stereocenters. The molecule has 162 valence electrons. The first-order chi connectivity index (χ1) is 15.5. The summed E-state index contributed by atoms with van der Waals surface area (Å²) in [6.07, 6.45) is 3.74. The Kier molecular flexibility index (Phi) is 5.85. The molecule has 3 N–H and O–H groups in total. The van der Waals surface area contributed by atoms with Crippen LogP contribution < -0.4 is 16.2 Å². The fraction of sp³-hybridized carbons (Fsp3) is 0.167. The molecule has 0 saturated heterocycles. The molecule has 0 aliphatic rings. The highest BCUT2D eigenvalue weighted by atomic mass is 16.1. The Morgan fingerprint density at radius 2 is 1.81 bits per heavy atom. The summed E-state index contributed by atoms with van der Waals surface area (Å²) in [5.41, 5.74) is 9.72. The number of rotatable bonds is 3. The van der Waals surface area contributed by atoms with E-state index < -0.39 is 0 Å². The highest BCUT2D eigenvalue weighted by Gasteiger charge is 2.13. The van der Waals surface area contributed by atoms with Crippen molar-refractivity contribution >= 4 is 33.4 Å². The van der Waals surface area contributed by atoms with Crippen LogP contribution in [0.25, 0.3) is 27.6 Å². The second kappa shape index (κ2) is 8.89. The molecule has 0 spiro atoms. The molecule has 0 atom stereocenters. The first-order valence-corrected chi connectivity index (χ1v) is 10.3. The van der Waals surface area contributed by atoms with Crippen LogP contribution in [0.3, 0.4) is 0 Å². The van der Waals surface area contributed by atoms with Gasteiger partial charge >= 0.3 is 0 Å². The maximum atomic E-state index is 13.2. The number of nitrogens with two attached hydrogens (primary N) is 1. The van der Waals surface area contributed by atoms with Gasteiger partial charge in [-0.1, -0.05) is 37.3 Å². The smallest absolute Gasteiger partial charge is 0.265 e. The summed E-state index contributed by atoms with van der Waals surface area (Å²) >= 11 is 0. The molecule has 32 heavy (non-hydrogen) atoms. The minimum Gasteiger partial charge on any atom is -0.382 e. The number of nitrogens with one attached hydrogen (secondary N) is 1. The number of aromatic amines is 1. The van der Waals surface area contributed by atoms with Gasteiger partial charge in [-0.25, -0.2) is 15.0 Å². The largest absolute Gasteiger partial charge is 0.382 e. The van der Waals surface area contributed by atoms with Gasteiger partial charge in [0.1, 0.15) is 11.8 Å². The number of aromatic nitrogens is 5. The molecule has 3 aromatic heterocycles. The Labute approximate surface area is 185 Å². The van der Waals surface area contributed by atoms with Gasteiger partial charge in [0.05, 0.1) is 11.7 Å². The lowest BCUT2D eigenvalue weighted by Crippen LogP contribution is -2.24. The monoisotopic (exact) mass is 427 g/mol. The first-order valence-electron chi connectivity index (χ1n) is 10.3. The number of aryl methyl sites for hydroxylation is 1. The number of anilines is 2. The van der Waals surface area contributed by atoms with Crippen molar-refractivity contribution in [3.8, 4) is 5.69 Å². The van der Waals surface area contributed by atoms with Gasteiger partial charge in [-0.3, -0.25) is 9.36 Å². The van der Waals surface area contributed by atoms with Gasteiger partial charge < -0.3 is 15.6 Å². The summed E-state index contributed by atoms with van der Waals surface area (Å²) in [5, 5.41) is 1.77. The van der Waals surface area contributed by atoms with Crippen LogP contribution in [0.4, 0.5) is 11.5 Å². The summed E-state index contributed by atoms with van der Waals surface area (Å²) in [6.45, 7) is 2.08. The summed E-state index contributed by atoms with van der Waals surface area (Å²) in [7, 11) is 3.93.